The van der Waals surface area contributed by atoms with E-state index in [9.17, 15) is 22.4 Å². The van der Waals surface area contributed by atoms with E-state index < -0.39 is 49.2 Å². The smallest absolute Gasteiger partial charge is 0.337 e. The summed E-state index contributed by atoms with van der Waals surface area (Å²) in [5.41, 5.74) is 1.20. The molecule has 4 rings (SSSR count). The lowest BCUT2D eigenvalue weighted by molar-refractivity contribution is 0.385. The molecule has 0 saturated heterocycles. The van der Waals surface area contributed by atoms with Gasteiger partial charge in [0, 0.05) is 23.9 Å². The van der Waals surface area contributed by atoms with Crippen LogP contribution in [0.4, 0.5) is 20.4 Å². The summed E-state index contributed by atoms with van der Waals surface area (Å²) in [6.07, 6.45) is 2.29. The summed E-state index contributed by atoms with van der Waals surface area (Å²) in [5, 5.41) is -0.254. The Bertz CT molecular complexity index is 1740. The minimum Gasteiger partial charge on any atom is -0.480 e. The predicted molar refractivity (Wildman–Crippen MR) is 124 cm³/mol. The van der Waals surface area contributed by atoms with Crippen molar-refractivity contribution in [2.75, 3.05) is 17.6 Å². The Kier molecular flexibility index (Phi) is 6.02. The standard InChI is InChI=1S/C19H14BrF2N7O5S/c1-28-15-9(7-25-18(23)26-15)17(30)29(19(28)31)14-10(21)3-4-11(13(14)22)27-35(32,33)12-5-8(20)6-24-16(12)34-2/h3-7,27H,1-2H3,(H2,23,25,26). The molecule has 3 aromatic heterocycles. The van der Waals surface area contributed by atoms with Crippen LogP contribution in [0.25, 0.3) is 16.7 Å². The highest BCUT2D eigenvalue weighted by molar-refractivity contribution is 9.10. The van der Waals surface area contributed by atoms with E-state index in [-0.39, 0.29) is 31.9 Å². The second-order valence-electron chi connectivity index (χ2n) is 6.97. The molecule has 0 amide bonds. The fourth-order valence-corrected chi connectivity index (χ4v) is 4.90. The SMILES string of the molecule is COc1ncc(Br)cc1S(=O)(=O)Nc1ccc(F)c(-n2c(=O)c3cnc(N)nc3n(C)c2=O)c1F. The third kappa shape index (κ3) is 4.10. The van der Waals surface area contributed by atoms with Crippen LogP contribution < -0.4 is 26.4 Å². The molecule has 0 aliphatic carbocycles. The number of halogens is 3. The number of nitrogens with one attached hydrogen (secondary N) is 1. The molecule has 0 atom stereocenters. The van der Waals surface area contributed by atoms with Gasteiger partial charge in [0.1, 0.15) is 11.1 Å². The largest absolute Gasteiger partial charge is 0.480 e. The zero-order chi connectivity index (χ0) is 25.7. The van der Waals surface area contributed by atoms with Gasteiger partial charge in [0.05, 0.1) is 12.8 Å². The number of nitrogens with zero attached hydrogens (tertiary/aromatic N) is 5. The number of rotatable bonds is 5. The van der Waals surface area contributed by atoms with E-state index in [2.05, 4.69) is 30.9 Å². The highest BCUT2D eigenvalue weighted by Gasteiger charge is 2.27. The van der Waals surface area contributed by atoms with Crippen LogP contribution in [0.15, 0.2) is 49.6 Å². The molecule has 0 bridgehead atoms. The normalized spacial score (nSPS) is 11.6. The Morgan fingerprint density at radius 1 is 1.17 bits per heavy atom. The molecule has 0 radical (unpaired) electrons. The number of anilines is 2. The van der Waals surface area contributed by atoms with Crippen molar-refractivity contribution >= 4 is 48.6 Å². The Labute approximate surface area is 203 Å². The number of nitrogens with two attached hydrogens (primary N) is 1. The average molecular weight is 570 g/mol. The van der Waals surface area contributed by atoms with E-state index in [1.165, 1.54) is 20.4 Å². The molecule has 0 fully saturated rings. The van der Waals surface area contributed by atoms with Gasteiger partial charge in [-0.2, -0.15) is 4.98 Å². The number of nitrogen functional groups attached to an aromatic ring is 1. The van der Waals surface area contributed by atoms with Crippen LogP contribution in [-0.2, 0) is 17.1 Å². The van der Waals surface area contributed by atoms with Crippen LogP contribution in [0.5, 0.6) is 5.88 Å². The van der Waals surface area contributed by atoms with E-state index in [1.54, 1.807) is 0 Å². The Balaban J connectivity index is 1.93. The van der Waals surface area contributed by atoms with Gasteiger partial charge in [-0.15, -0.1) is 0 Å². The Morgan fingerprint density at radius 3 is 2.57 bits per heavy atom. The molecule has 35 heavy (non-hydrogen) atoms. The van der Waals surface area contributed by atoms with Crippen molar-refractivity contribution in [1.29, 1.82) is 0 Å². The van der Waals surface area contributed by atoms with E-state index in [0.29, 0.717) is 6.07 Å². The number of aryl methyl sites for hydroxylation is 1. The topological polar surface area (TPSA) is 164 Å². The number of ether oxygens (including phenoxy) is 1. The summed E-state index contributed by atoms with van der Waals surface area (Å²) >= 11 is 3.09. The maximum atomic E-state index is 15.5. The maximum absolute atomic E-state index is 15.5. The lowest BCUT2D eigenvalue weighted by Crippen LogP contribution is -2.39. The zero-order valence-electron chi connectivity index (χ0n) is 17.8. The van der Waals surface area contributed by atoms with Crippen molar-refractivity contribution in [2.24, 2.45) is 7.05 Å². The van der Waals surface area contributed by atoms with E-state index in [0.717, 1.165) is 22.9 Å². The zero-order valence-corrected chi connectivity index (χ0v) is 20.2. The Morgan fingerprint density at radius 2 is 1.89 bits per heavy atom. The number of hydrogen-bond donors (Lipinski definition) is 2. The second-order valence-corrected chi connectivity index (χ2v) is 9.54. The lowest BCUT2D eigenvalue weighted by atomic mass is 10.2. The molecule has 1 aromatic carbocycles. The third-order valence-electron chi connectivity index (χ3n) is 4.82. The number of benzene rings is 1. The van der Waals surface area contributed by atoms with Gasteiger partial charge in [0.15, 0.2) is 22.2 Å². The van der Waals surface area contributed by atoms with Gasteiger partial charge < -0.3 is 10.5 Å². The molecule has 16 heteroatoms. The quantitative estimate of drug-likeness (QED) is 0.360. The van der Waals surface area contributed by atoms with Gasteiger partial charge in [0.2, 0.25) is 11.8 Å². The van der Waals surface area contributed by atoms with Crippen molar-refractivity contribution in [3.63, 3.8) is 0 Å². The molecule has 3 N–H and O–H groups in total. The molecule has 0 aliphatic rings. The summed E-state index contributed by atoms with van der Waals surface area (Å²) < 4.78 is 64.4. The molecule has 0 spiro atoms. The van der Waals surface area contributed by atoms with Crippen molar-refractivity contribution in [2.45, 2.75) is 4.90 Å². The van der Waals surface area contributed by atoms with E-state index >= 15 is 4.39 Å². The van der Waals surface area contributed by atoms with Crippen LogP contribution in [-0.4, -0.2) is 39.6 Å². The number of sulfonamides is 1. The lowest BCUT2D eigenvalue weighted by Gasteiger charge is -2.15. The van der Waals surface area contributed by atoms with Crippen LogP contribution in [0.2, 0.25) is 0 Å². The monoisotopic (exact) mass is 569 g/mol. The van der Waals surface area contributed by atoms with Crippen LogP contribution in [0.1, 0.15) is 0 Å². The van der Waals surface area contributed by atoms with Crippen LogP contribution in [0, 0.1) is 11.6 Å². The molecule has 0 saturated carbocycles. The summed E-state index contributed by atoms with van der Waals surface area (Å²) in [4.78, 5) is 36.7. The first-order valence-corrected chi connectivity index (χ1v) is 11.7. The van der Waals surface area contributed by atoms with Crippen molar-refractivity contribution < 1.29 is 21.9 Å². The summed E-state index contributed by atoms with van der Waals surface area (Å²) in [7, 11) is -2.12. The van der Waals surface area contributed by atoms with Gasteiger partial charge in [-0.25, -0.2) is 36.5 Å². The second kappa shape index (κ2) is 8.70. The number of fused-ring (bicyclic) bond motifs is 1. The molecule has 182 valence electrons. The fourth-order valence-electron chi connectivity index (χ4n) is 3.22. The third-order valence-corrected chi connectivity index (χ3v) is 6.61. The first kappa shape index (κ1) is 24.2. The molecule has 3 heterocycles. The van der Waals surface area contributed by atoms with Gasteiger partial charge in [-0.3, -0.25) is 14.1 Å². The molecular formula is C19H14BrF2N7O5S. The molecule has 0 aliphatic heterocycles. The van der Waals surface area contributed by atoms with Gasteiger partial charge in [0.25, 0.3) is 15.6 Å². The van der Waals surface area contributed by atoms with Gasteiger partial charge >= 0.3 is 5.69 Å². The fraction of sp³-hybridized carbons (Fsp3) is 0.105. The molecule has 0 unspecified atom stereocenters. The summed E-state index contributed by atoms with van der Waals surface area (Å²) in [5.74, 6) is -3.34. The first-order chi connectivity index (χ1) is 16.5. The number of aromatic nitrogens is 5. The highest BCUT2D eigenvalue weighted by Crippen LogP contribution is 2.29. The van der Waals surface area contributed by atoms with E-state index in [1.807, 2.05) is 4.72 Å². The molecule has 12 nitrogen and oxygen atoms in total. The number of hydrogen-bond acceptors (Lipinski definition) is 9. The number of pyridine rings is 1. The van der Waals surface area contributed by atoms with Gasteiger partial charge in [-0.05, 0) is 34.1 Å². The Hall–Kier alpha value is -3.92. The van der Waals surface area contributed by atoms with Crippen molar-refractivity contribution in [3.8, 4) is 11.6 Å². The van der Waals surface area contributed by atoms with Gasteiger partial charge in [-0.1, -0.05) is 0 Å². The van der Waals surface area contributed by atoms with Crippen molar-refractivity contribution in [3.05, 3.63) is 67.5 Å². The average Bonchev–Trinajstić information content (AvgIpc) is 2.81. The molecule has 4 aromatic rings. The van der Waals surface area contributed by atoms with Crippen LogP contribution in [0.3, 0.4) is 0 Å². The summed E-state index contributed by atoms with van der Waals surface area (Å²) in [6, 6.07) is 2.65. The minimum absolute atomic E-state index is 0.157. The van der Waals surface area contributed by atoms with E-state index in [4.69, 9.17) is 10.5 Å². The van der Waals surface area contributed by atoms with Crippen LogP contribution >= 0.6 is 15.9 Å². The molecular weight excluding hydrogens is 556 g/mol. The maximum Gasteiger partial charge on any atom is 0.337 e. The van der Waals surface area contributed by atoms with Crippen molar-refractivity contribution in [1.82, 2.24) is 24.1 Å². The minimum atomic E-state index is -4.52. The predicted octanol–water partition coefficient (Wildman–Crippen LogP) is 1.31. The first-order valence-electron chi connectivity index (χ1n) is 9.41. The highest BCUT2D eigenvalue weighted by atomic mass is 79.9. The summed E-state index contributed by atoms with van der Waals surface area (Å²) in [6.45, 7) is 0. The number of methoxy groups -OCH3 is 1.